The van der Waals surface area contributed by atoms with Crippen LogP contribution in [0.5, 0.6) is 0 Å². The number of ether oxygens (including phenoxy) is 1. The number of aromatic amines is 1. The number of imidazole rings is 1. The van der Waals surface area contributed by atoms with Gasteiger partial charge in [0.2, 0.25) is 0 Å². The second kappa shape index (κ2) is 11.9. The van der Waals surface area contributed by atoms with E-state index >= 15 is 0 Å². The highest BCUT2D eigenvalue weighted by Crippen LogP contribution is 2.33. The number of fused-ring (bicyclic) bond motifs is 1. The molecular formula is C31H26F3N5O3. The van der Waals surface area contributed by atoms with Gasteiger partial charge in [-0.2, -0.15) is 13.2 Å². The molecule has 4 aromatic carbocycles. The number of carbonyl (C=O) groups excluding carboxylic acids is 2. The van der Waals surface area contributed by atoms with Gasteiger partial charge in [-0.15, -0.1) is 0 Å². The molecule has 8 nitrogen and oxygen atoms in total. The van der Waals surface area contributed by atoms with Crippen molar-refractivity contribution in [2.45, 2.75) is 19.2 Å². The van der Waals surface area contributed by atoms with E-state index < -0.39 is 29.1 Å². The van der Waals surface area contributed by atoms with Gasteiger partial charge in [0.15, 0.2) is 0 Å². The molecule has 0 radical (unpaired) electrons. The van der Waals surface area contributed by atoms with E-state index in [1.807, 2.05) is 42.5 Å². The number of H-pyrrole nitrogens is 1. The molecule has 0 aliphatic rings. The number of carbonyl (C=O) groups is 2. The number of hydrogen-bond donors (Lipinski definition) is 3. The lowest BCUT2D eigenvalue weighted by Crippen LogP contribution is -2.38. The number of benzene rings is 4. The molecule has 0 spiro atoms. The molecule has 0 saturated carbocycles. The van der Waals surface area contributed by atoms with Gasteiger partial charge in [0.1, 0.15) is 17.9 Å². The fraction of sp³-hybridized carbons (Fsp3) is 0.129. The Bertz CT molecular complexity index is 1750. The van der Waals surface area contributed by atoms with Crippen molar-refractivity contribution in [2.24, 2.45) is 5.84 Å². The SMILES string of the molecule is COCc1nc2c(C(=O)Nc3ccccc3Cc3ccccc3)cc(N(N)C(=O)c3ccccc3C(F)(F)F)cc2[nH]1. The molecule has 5 aromatic rings. The number of rotatable bonds is 8. The van der Waals surface area contributed by atoms with Crippen molar-refractivity contribution >= 4 is 34.2 Å². The average molecular weight is 574 g/mol. The lowest BCUT2D eigenvalue weighted by atomic mass is 10.0. The molecule has 0 bridgehead atoms. The summed E-state index contributed by atoms with van der Waals surface area (Å²) < 4.78 is 46.0. The van der Waals surface area contributed by atoms with E-state index in [1.165, 1.54) is 31.4 Å². The first-order valence-corrected chi connectivity index (χ1v) is 12.9. The Morgan fingerprint density at radius 2 is 1.64 bits per heavy atom. The molecule has 2 amide bonds. The molecule has 4 N–H and O–H groups in total. The predicted octanol–water partition coefficient (Wildman–Crippen LogP) is 6.09. The van der Waals surface area contributed by atoms with Crippen LogP contribution in [-0.4, -0.2) is 28.9 Å². The molecule has 0 fully saturated rings. The zero-order valence-corrected chi connectivity index (χ0v) is 22.4. The Kier molecular flexibility index (Phi) is 8.05. The van der Waals surface area contributed by atoms with Gasteiger partial charge >= 0.3 is 6.18 Å². The molecule has 0 aliphatic carbocycles. The molecule has 214 valence electrons. The quantitative estimate of drug-likeness (QED) is 0.118. The molecule has 1 heterocycles. The van der Waals surface area contributed by atoms with E-state index in [4.69, 9.17) is 10.6 Å². The minimum atomic E-state index is -4.77. The predicted molar refractivity (Wildman–Crippen MR) is 153 cm³/mol. The maximum Gasteiger partial charge on any atom is 0.417 e. The van der Waals surface area contributed by atoms with Gasteiger partial charge in [-0.3, -0.25) is 9.59 Å². The van der Waals surface area contributed by atoms with Crippen molar-refractivity contribution in [2.75, 3.05) is 17.4 Å². The number of alkyl halides is 3. The number of amides is 2. The van der Waals surface area contributed by atoms with Crippen molar-refractivity contribution in [1.82, 2.24) is 9.97 Å². The Balaban J connectivity index is 1.53. The van der Waals surface area contributed by atoms with E-state index in [0.717, 1.165) is 23.3 Å². The largest absolute Gasteiger partial charge is 0.417 e. The Morgan fingerprint density at radius 1 is 0.952 bits per heavy atom. The molecule has 0 aliphatic heterocycles. The van der Waals surface area contributed by atoms with Crippen molar-refractivity contribution in [3.8, 4) is 0 Å². The number of para-hydroxylation sites is 1. The third kappa shape index (κ3) is 6.02. The lowest BCUT2D eigenvalue weighted by Gasteiger charge is -2.20. The van der Waals surface area contributed by atoms with Crippen LogP contribution in [-0.2, 0) is 23.9 Å². The fourth-order valence-electron chi connectivity index (χ4n) is 4.64. The average Bonchev–Trinajstić information content (AvgIpc) is 3.39. The van der Waals surface area contributed by atoms with Gasteiger partial charge in [0.05, 0.1) is 27.9 Å². The monoisotopic (exact) mass is 573 g/mol. The maximum atomic E-state index is 13.7. The van der Waals surface area contributed by atoms with Gasteiger partial charge in [-0.25, -0.2) is 15.8 Å². The summed E-state index contributed by atoms with van der Waals surface area (Å²) in [5, 5.41) is 3.50. The first-order chi connectivity index (χ1) is 20.2. The van der Waals surface area contributed by atoms with E-state index in [9.17, 15) is 22.8 Å². The van der Waals surface area contributed by atoms with Crippen LogP contribution in [0.2, 0.25) is 0 Å². The van der Waals surface area contributed by atoms with Crippen molar-refractivity contribution < 1.29 is 27.5 Å². The van der Waals surface area contributed by atoms with Crippen molar-refractivity contribution in [1.29, 1.82) is 0 Å². The summed E-state index contributed by atoms with van der Waals surface area (Å²) >= 11 is 0. The Hall–Kier alpha value is -5.00. The topological polar surface area (TPSA) is 113 Å². The van der Waals surface area contributed by atoms with Crippen LogP contribution in [0.4, 0.5) is 24.5 Å². The summed E-state index contributed by atoms with van der Waals surface area (Å²) in [5.74, 6) is 4.85. The minimum absolute atomic E-state index is 0.0141. The molecule has 42 heavy (non-hydrogen) atoms. The maximum absolute atomic E-state index is 13.7. The standard InChI is InChI=1S/C31H26F3N5O3/c1-42-18-27-36-26-17-21(39(35)30(41)22-12-6-7-13-24(22)31(32,33)34)16-23(28(26)38-27)29(40)37-25-14-8-5-11-20(25)15-19-9-3-2-4-10-19/h2-14,16-17H,15,18,35H2,1H3,(H,36,38)(H,37,40). The van der Waals surface area contributed by atoms with Crippen LogP contribution in [0, 0.1) is 0 Å². The van der Waals surface area contributed by atoms with Gasteiger partial charge in [-0.05, 0) is 47.9 Å². The number of nitrogens with zero attached hydrogens (tertiary/aromatic N) is 2. The first kappa shape index (κ1) is 28.5. The number of hydrazine groups is 1. The number of methoxy groups -OCH3 is 1. The van der Waals surface area contributed by atoms with E-state index in [0.29, 0.717) is 28.5 Å². The normalized spacial score (nSPS) is 11.5. The number of aromatic nitrogens is 2. The Labute approximate surface area is 238 Å². The molecule has 5 rings (SSSR count). The summed E-state index contributed by atoms with van der Waals surface area (Å²) in [6.45, 7) is 0.106. The highest BCUT2D eigenvalue weighted by Gasteiger charge is 2.36. The summed E-state index contributed by atoms with van der Waals surface area (Å²) in [6.07, 6.45) is -4.20. The summed E-state index contributed by atoms with van der Waals surface area (Å²) in [6, 6.07) is 24.2. The fourth-order valence-corrected chi connectivity index (χ4v) is 4.64. The molecule has 0 atom stereocenters. The molecule has 1 aromatic heterocycles. The van der Waals surface area contributed by atoms with Crippen LogP contribution in [0.3, 0.4) is 0 Å². The second-order valence-corrected chi connectivity index (χ2v) is 9.50. The Morgan fingerprint density at radius 3 is 2.38 bits per heavy atom. The van der Waals surface area contributed by atoms with Crippen LogP contribution in [0.15, 0.2) is 91.0 Å². The summed E-state index contributed by atoms with van der Waals surface area (Å²) in [7, 11) is 1.48. The number of halogens is 3. The van der Waals surface area contributed by atoms with Crippen LogP contribution >= 0.6 is 0 Å². The van der Waals surface area contributed by atoms with Gasteiger partial charge in [0, 0.05) is 12.8 Å². The molecule has 0 unspecified atom stereocenters. The van der Waals surface area contributed by atoms with E-state index in [2.05, 4.69) is 15.3 Å². The van der Waals surface area contributed by atoms with E-state index in [1.54, 1.807) is 12.1 Å². The molecular weight excluding hydrogens is 547 g/mol. The highest BCUT2D eigenvalue weighted by atomic mass is 19.4. The summed E-state index contributed by atoms with van der Waals surface area (Å²) in [5.41, 5.74) is 1.40. The number of anilines is 2. The second-order valence-electron chi connectivity index (χ2n) is 9.50. The third-order valence-electron chi connectivity index (χ3n) is 6.61. The lowest BCUT2D eigenvalue weighted by molar-refractivity contribution is -0.137. The van der Waals surface area contributed by atoms with Crippen molar-refractivity contribution in [3.63, 3.8) is 0 Å². The number of nitrogens with two attached hydrogens (primary N) is 1. The van der Waals surface area contributed by atoms with Gasteiger partial charge < -0.3 is 15.0 Å². The van der Waals surface area contributed by atoms with Crippen LogP contribution in [0.1, 0.15) is 43.2 Å². The smallest absolute Gasteiger partial charge is 0.377 e. The number of hydrogen-bond acceptors (Lipinski definition) is 5. The first-order valence-electron chi connectivity index (χ1n) is 12.9. The zero-order chi connectivity index (χ0) is 29.9. The highest BCUT2D eigenvalue weighted by molar-refractivity contribution is 6.14. The van der Waals surface area contributed by atoms with Crippen molar-refractivity contribution in [3.05, 3.63) is 125 Å². The molecule has 0 saturated heterocycles. The van der Waals surface area contributed by atoms with Crippen LogP contribution in [0.25, 0.3) is 11.0 Å². The summed E-state index contributed by atoms with van der Waals surface area (Å²) in [4.78, 5) is 34.4. The van der Waals surface area contributed by atoms with E-state index in [-0.39, 0.29) is 23.4 Å². The molecule has 11 heteroatoms. The van der Waals surface area contributed by atoms with Gasteiger partial charge in [-0.1, -0.05) is 60.7 Å². The number of nitrogens with one attached hydrogen (secondary N) is 2. The van der Waals surface area contributed by atoms with Gasteiger partial charge in [0.25, 0.3) is 11.8 Å². The third-order valence-corrected chi connectivity index (χ3v) is 6.61. The minimum Gasteiger partial charge on any atom is -0.377 e. The zero-order valence-electron chi connectivity index (χ0n) is 22.4. The van der Waals surface area contributed by atoms with Crippen LogP contribution < -0.4 is 16.2 Å².